The van der Waals surface area contributed by atoms with Crippen molar-refractivity contribution in [2.45, 2.75) is 58.0 Å². The SMILES string of the molecule is CNC1CC(C)CC(C)C1CN1CCCCC1CO. The quantitative estimate of drug-likeness (QED) is 0.820. The van der Waals surface area contributed by atoms with E-state index < -0.39 is 0 Å². The Kier molecular flexibility index (Phi) is 5.67. The third kappa shape index (κ3) is 3.71. The van der Waals surface area contributed by atoms with Crippen molar-refractivity contribution >= 4 is 0 Å². The summed E-state index contributed by atoms with van der Waals surface area (Å²) in [6.07, 6.45) is 6.44. The molecule has 0 bridgehead atoms. The standard InChI is InChI=1S/C16H32N2O/c1-12-8-13(2)15(16(9-12)17-3)10-18-7-5-4-6-14(18)11-19/h12-17,19H,4-11H2,1-3H3. The average molecular weight is 268 g/mol. The molecular formula is C16H32N2O. The summed E-state index contributed by atoms with van der Waals surface area (Å²) < 4.78 is 0. The molecule has 1 aliphatic carbocycles. The van der Waals surface area contributed by atoms with Crippen molar-refractivity contribution in [1.29, 1.82) is 0 Å². The van der Waals surface area contributed by atoms with E-state index in [0.29, 0.717) is 18.7 Å². The molecule has 2 aliphatic rings. The molecule has 1 saturated carbocycles. The average Bonchev–Trinajstić information content (AvgIpc) is 2.42. The molecule has 1 heterocycles. The zero-order chi connectivity index (χ0) is 13.8. The number of nitrogens with one attached hydrogen (secondary N) is 1. The van der Waals surface area contributed by atoms with Crippen LogP contribution in [0.2, 0.25) is 0 Å². The van der Waals surface area contributed by atoms with Gasteiger partial charge in [0.15, 0.2) is 0 Å². The molecule has 2 fully saturated rings. The minimum Gasteiger partial charge on any atom is -0.395 e. The molecule has 1 saturated heterocycles. The van der Waals surface area contributed by atoms with E-state index in [1.807, 2.05) is 0 Å². The topological polar surface area (TPSA) is 35.5 Å². The predicted molar refractivity (Wildman–Crippen MR) is 80.2 cm³/mol. The largest absolute Gasteiger partial charge is 0.395 e. The third-order valence-corrected chi connectivity index (χ3v) is 5.45. The van der Waals surface area contributed by atoms with Crippen molar-refractivity contribution in [2.75, 3.05) is 26.7 Å². The van der Waals surface area contributed by atoms with Crippen LogP contribution in [-0.2, 0) is 0 Å². The highest BCUT2D eigenvalue weighted by molar-refractivity contribution is 4.90. The Bertz CT molecular complexity index is 271. The van der Waals surface area contributed by atoms with Crippen molar-refractivity contribution in [2.24, 2.45) is 17.8 Å². The summed E-state index contributed by atoms with van der Waals surface area (Å²) >= 11 is 0. The fourth-order valence-corrected chi connectivity index (χ4v) is 4.33. The summed E-state index contributed by atoms with van der Waals surface area (Å²) in [5.41, 5.74) is 0. The highest BCUT2D eigenvalue weighted by atomic mass is 16.3. The van der Waals surface area contributed by atoms with Crippen molar-refractivity contribution in [3.63, 3.8) is 0 Å². The van der Waals surface area contributed by atoms with Gasteiger partial charge in [0.2, 0.25) is 0 Å². The molecule has 2 N–H and O–H groups in total. The first-order chi connectivity index (χ1) is 9.15. The number of aliphatic hydroxyl groups is 1. The van der Waals surface area contributed by atoms with Gasteiger partial charge in [-0.1, -0.05) is 20.3 Å². The lowest BCUT2D eigenvalue weighted by Gasteiger charge is -2.44. The molecule has 1 aliphatic heterocycles. The summed E-state index contributed by atoms with van der Waals surface area (Å²) in [4.78, 5) is 2.56. The van der Waals surface area contributed by atoms with E-state index in [1.165, 1.54) is 45.2 Å². The molecule has 112 valence electrons. The molecule has 5 atom stereocenters. The first-order valence-electron chi connectivity index (χ1n) is 8.17. The van der Waals surface area contributed by atoms with Crippen LogP contribution in [0.4, 0.5) is 0 Å². The van der Waals surface area contributed by atoms with E-state index in [1.54, 1.807) is 0 Å². The second-order valence-corrected chi connectivity index (χ2v) is 6.94. The van der Waals surface area contributed by atoms with E-state index in [9.17, 15) is 5.11 Å². The lowest BCUT2D eigenvalue weighted by molar-refractivity contribution is 0.0410. The lowest BCUT2D eigenvalue weighted by Crippen LogP contribution is -2.51. The second kappa shape index (κ2) is 7.05. The van der Waals surface area contributed by atoms with Crippen LogP contribution in [-0.4, -0.2) is 48.8 Å². The van der Waals surface area contributed by atoms with Crippen LogP contribution in [0.25, 0.3) is 0 Å². The Morgan fingerprint density at radius 1 is 1.21 bits per heavy atom. The molecular weight excluding hydrogens is 236 g/mol. The van der Waals surface area contributed by atoms with Gasteiger partial charge < -0.3 is 10.4 Å². The zero-order valence-corrected chi connectivity index (χ0v) is 12.9. The summed E-state index contributed by atoms with van der Waals surface area (Å²) in [6.45, 7) is 7.49. The maximum absolute atomic E-state index is 9.56. The lowest BCUT2D eigenvalue weighted by atomic mass is 9.72. The van der Waals surface area contributed by atoms with Gasteiger partial charge in [-0.15, -0.1) is 0 Å². The number of nitrogens with zero attached hydrogens (tertiary/aromatic N) is 1. The van der Waals surface area contributed by atoms with E-state index in [0.717, 1.165) is 17.8 Å². The van der Waals surface area contributed by atoms with Crippen molar-refractivity contribution in [3.8, 4) is 0 Å². The van der Waals surface area contributed by atoms with E-state index in [2.05, 4.69) is 31.1 Å². The molecule has 0 aromatic heterocycles. The number of piperidine rings is 1. The Morgan fingerprint density at radius 3 is 2.68 bits per heavy atom. The normalized spacial score (nSPS) is 41.4. The first kappa shape index (κ1) is 15.3. The first-order valence-corrected chi connectivity index (χ1v) is 8.17. The maximum atomic E-state index is 9.56. The van der Waals surface area contributed by atoms with Crippen LogP contribution in [0.15, 0.2) is 0 Å². The van der Waals surface area contributed by atoms with Gasteiger partial charge in [-0.25, -0.2) is 0 Å². The fraction of sp³-hybridized carbons (Fsp3) is 1.00. The highest BCUT2D eigenvalue weighted by Gasteiger charge is 2.35. The van der Waals surface area contributed by atoms with Crippen LogP contribution >= 0.6 is 0 Å². The molecule has 3 heteroatoms. The van der Waals surface area contributed by atoms with E-state index in [-0.39, 0.29) is 0 Å². The maximum Gasteiger partial charge on any atom is 0.0586 e. The van der Waals surface area contributed by atoms with Gasteiger partial charge >= 0.3 is 0 Å². The minimum atomic E-state index is 0.335. The smallest absolute Gasteiger partial charge is 0.0586 e. The molecule has 2 rings (SSSR count). The molecule has 0 amide bonds. The molecule has 0 spiro atoms. The number of likely N-dealkylation sites (tertiary alicyclic amines) is 1. The van der Waals surface area contributed by atoms with Crippen LogP contribution in [0.5, 0.6) is 0 Å². The third-order valence-electron chi connectivity index (χ3n) is 5.45. The van der Waals surface area contributed by atoms with Gasteiger partial charge in [0.25, 0.3) is 0 Å². The highest BCUT2D eigenvalue weighted by Crippen LogP contribution is 2.35. The minimum absolute atomic E-state index is 0.335. The molecule has 0 aromatic rings. The molecule has 3 nitrogen and oxygen atoms in total. The molecule has 5 unspecified atom stereocenters. The number of hydrogen-bond donors (Lipinski definition) is 2. The summed E-state index contributed by atoms with van der Waals surface area (Å²) in [5.74, 6) is 2.38. The van der Waals surface area contributed by atoms with Gasteiger partial charge in [-0.2, -0.15) is 0 Å². The van der Waals surface area contributed by atoms with Crippen molar-refractivity contribution in [3.05, 3.63) is 0 Å². The Balaban J connectivity index is 1.98. The zero-order valence-electron chi connectivity index (χ0n) is 12.9. The van der Waals surface area contributed by atoms with Crippen molar-refractivity contribution in [1.82, 2.24) is 10.2 Å². The van der Waals surface area contributed by atoms with Crippen LogP contribution in [0.3, 0.4) is 0 Å². The van der Waals surface area contributed by atoms with Gasteiger partial charge in [0, 0.05) is 18.6 Å². The van der Waals surface area contributed by atoms with Crippen LogP contribution < -0.4 is 5.32 Å². The van der Waals surface area contributed by atoms with Gasteiger partial charge in [0.05, 0.1) is 6.61 Å². The predicted octanol–water partition coefficient (Wildman–Crippen LogP) is 2.10. The van der Waals surface area contributed by atoms with Gasteiger partial charge in [-0.05, 0) is 57.0 Å². The number of hydrogen-bond acceptors (Lipinski definition) is 3. The fourth-order valence-electron chi connectivity index (χ4n) is 4.33. The molecule has 19 heavy (non-hydrogen) atoms. The van der Waals surface area contributed by atoms with Crippen LogP contribution in [0, 0.1) is 17.8 Å². The Morgan fingerprint density at radius 2 is 2.00 bits per heavy atom. The Hall–Kier alpha value is -0.120. The van der Waals surface area contributed by atoms with Crippen molar-refractivity contribution < 1.29 is 5.11 Å². The molecule has 0 aromatic carbocycles. The van der Waals surface area contributed by atoms with Gasteiger partial charge in [-0.3, -0.25) is 4.90 Å². The second-order valence-electron chi connectivity index (χ2n) is 6.94. The Labute approximate surface area is 118 Å². The van der Waals surface area contributed by atoms with Gasteiger partial charge in [0.1, 0.15) is 0 Å². The summed E-state index contributed by atoms with van der Waals surface area (Å²) in [7, 11) is 2.11. The van der Waals surface area contributed by atoms with Crippen LogP contribution in [0.1, 0.15) is 46.0 Å². The summed E-state index contributed by atoms with van der Waals surface area (Å²) in [5, 5.41) is 13.1. The summed E-state index contributed by atoms with van der Waals surface area (Å²) in [6, 6.07) is 1.07. The van der Waals surface area contributed by atoms with E-state index >= 15 is 0 Å². The monoisotopic (exact) mass is 268 g/mol. The molecule has 0 radical (unpaired) electrons. The number of rotatable bonds is 4. The number of aliphatic hydroxyl groups excluding tert-OH is 1. The van der Waals surface area contributed by atoms with E-state index in [4.69, 9.17) is 0 Å².